The first-order chi connectivity index (χ1) is 8.34. The summed E-state index contributed by atoms with van der Waals surface area (Å²) in [5.74, 6) is 2.27. The summed E-state index contributed by atoms with van der Waals surface area (Å²) in [7, 11) is 0. The van der Waals surface area contributed by atoms with Gasteiger partial charge in [0.1, 0.15) is 0 Å². The lowest BCUT2D eigenvalue weighted by Crippen LogP contribution is -2.11. The minimum absolute atomic E-state index is 0.693. The van der Waals surface area contributed by atoms with Gasteiger partial charge < -0.3 is 0 Å². The highest BCUT2D eigenvalue weighted by molar-refractivity contribution is 8.00. The average Bonchev–Trinajstić information content (AvgIpc) is 3.03. The van der Waals surface area contributed by atoms with E-state index >= 15 is 0 Å². The zero-order valence-electron chi connectivity index (χ0n) is 9.26. The van der Waals surface area contributed by atoms with Gasteiger partial charge in [-0.2, -0.15) is 16.9 Å². The fourth-order valence-corrected chi connectivity index (χ4v) is 4.26. The zero-order chi connectivity index (χ0) is 11.7. The Bertz CT molecular complexity index is 535. The van der Waals surface area contributed by atoms with Gasteiger partial charge in [-0.3, -0.25) is 9.67 Å². The molecule has 3 rings (SSSR count). The predicted octanol–water partition coefficient (Wildman–Crippen LogP) is 3.56. The van der Waals surface area contributed by atoms with Crippen molar-refractivity contribution in [2.45, 2.75) is 24.6 Å². The van der Waals surface area contributed by atoms with E-state index in [1.807, 2.05) is 17.8 Å². The second-order valence-corrected chi connectivity index (χ2v) is 6.82. The van der Waals surface area contributed by atoms with Crippen LogP contribution in [0, 0.1) is 4.77 Å². The summed E-state index contributed by atoms with van der Waals surface area (Å²) in [6.07, 6.45) is 2.62. The lowest BCUT2D eigenvalue weighted by molar-refractivity contribution is 0.636. The van der Waals surface area contributed by atoms with Gasteiger partial charge >= 0.3 is 0 Å². The van der Waals surface area contributed by atoms with Crippen molar-refractivity contribution in [1.29, 1.82) is 0 Å². The molecule has 3 heterocycles. The minimum atomic E-state index is 0.693. The fraction of sp³-hybridized carbons (Fsp3) is 0.455. The van der Waals surface area contributed by atoms with Crippen LogP contribution < -0.4 is 0 Å². The molecule has 6 heteroatoms. The molecule has 3 nitrogen and oxygen atoms in total. The van der Waals surface area contributed by atoms with Crippen LogP contribution in [-0.2, 0) is 6.54 Å². The molecule has 1 aliphatic heterocycles. The summed E-state index contributed by atoms with van der Waals surface area (Å²) >= 11 is 9.08. The molecule has 0 aliphatic carbocycles. The molecular formula is C11H13N3S3. The number of hydrogen-bond donors (Lipinski definition) is 1. The molecule has 1 atom stereocenters. The summed E-state index contributed by atoms with van der Waals surface area (Å²) < 4.78 is 2.88. The first-order valence-electron chi connectivity index (χ1n) is 5.65. The molecule has 17 heavy (non-hydrogen) atoms. The third-order valence-corrected chi connectivity index (χ3v) is 5.47. The summed E-state index contributed by atoms with van der Waals surface area (Å²) in [5.41, 5.74) is 0. The van der Waals surface area contributed by atoms with Crippen LogP contribution in [0.1, 0.15) is 12.8 Å². The first kappa shape index (κ1) is 11.5. The molecule has 90 valence electrons. The van der Waals surface area contributed by atoms with E-state index in [4.69, 9.17) is 12.2 Å². The maximum Gasteiger partial charge on any atom is 0.195 e. The van der Waals surface area contributed by atoms with Crippen molar-refractivity contribution in [2.24, 2.45) is 0 Å². The molecule has 1 unspecified atom stereocenters. The zero-order valence-corrected chi connectivity index (χ0v) is 11.7. The van der Waals surface area contributed by atoms with Crippen LogP contribution in [0.4, 0.5) is 0 Å². The van der Waals surface area contributed by atoms with Crippen LogP contribution in [0.5, 0.6) is 0 Å². The van der Waals surface area contributed by atoms with E-state index in [1.54, 1.807) is 11.3 Å². The summed E-state index contributed by atoms with van der Waals surface area (Å²) in [6.45, 7) is 0.979. The number of thiophene rings is 1. The van der Waals surface area contributed by atoms with E-state index in [0.717, 1.165) is 17.1 Å². The highest BCUT2D eigenvalue weighted by atomic mass is 32.2. The Morgan fingerprint density at radius 3 is 3.24 bits per heavy atom. The van der Waals surface area contributed by atoms with Crippen LogP contribution in [0.2, 0.25) is 0 Å². The lowest BCUT2D eigenvalue weighted by atomic mass is 10.2. The Kier molecular flexibility index (Phi) is 3.35. The summed E-state index contributed by atoms with van der Waals surface area (Å²) in [4.78, 5) is 1.18. The van der Waals surface area contributed by atoms with Crippen LogP contribution in [-0.4, -0.2) is 25.8 Å². The molecule has 2 aromatic heterocycles. The van der Waals surface area contributed by atoms with Crippen LogP contribution in [0.3, 0.4) is 0 Å². The largest absolute Gasteiger partial charge is 0.298 e. The molecule has 0 aromatic carbocycles. The van der Waals surface area contributed by atoms with E-state index < -0.39 is 0 Å². The SMILES string of the molecule is S=c1[nH]nc(-c2cccs2)n1CC1CCCS1. The van der Waals surface area contributed by atoms with Gasteiger partial charge in [0.25, 0.3) is 0 Å². The molecule has 1 fully saturated rings. The number of aromatic amines is 1. The molecular weight excluding hydrogens is 270 g/mol. The smallest absolute Gasteiger partial charge is 0.195 e. The molecule has 2 aromatic rings. The van der Waals surface area contributed by atoms with Crippen LogP contribution in [0.25, 0.3) is 10.7 Å². The van der Waals surface area contributed by atoms with Crippen molar-refractivity contribution < 1.29 is 0 Å². The van der Waals surface area contributed by atoms with Crippen molar-refractivity contribution in [3.8, 4) is 10.7 Å². The van der Waals surface area contributed by atoms with E-state index in [0.29, 0.717) is 5.25 Å². The Morgan fingerprint density at radius 1 is 1.59 bits per heavy atom. The van der Waals surface area contributed by atoms with Gasteiger partial charge in [-0.05, 0) is 42.3 Å². The normalized spacial score (nSPS) is 19.9. The summed E-state index contributed by atoms with van der Waals surface area (Å²) in [6, 6.07) is 4.14. The second kappa shape index (κ2) is 4.96. The quantitative estimate of drug-likeness (QED) is 0.874. The van der Waals surface area contributed by atoms with Gasteiger partial charge in [0.15, 0.2) is 10.6 Å². The van der Waals surface area contributed by atoms with Gasteiger partial charge in [0.2, 0.25) is 0 Å². The second-order valence-electron chi connectivity index (χ2n) is 4.08. The lowest BCUT2D eigenvalue weighted by Gasteiger charge is -2.10. The van der Waals surface area contributed by atoms with Crippen molar-refractivity contribution in [3.05, 3.63) is 22.3 Å². The standard InChI is InChI=1S/C11H13N3S3/c15-11-13-12-10(9-4-2-6-17-9)14(11)7-8-3-1-5-16-8/h2,4,6,8H,1,3,5,7H2,(H,13,15). The van der Waals surface area contributed by atoms with Crippen LogP contribution >= 0.6 is 35.3 Å². The van der Waals surface area contributed by atoms with Crippen LogP contribution in [0.15, 0.2) is 17.5 Å². The Hall–Kier alpha value is -0.590. The predicted molar refractivity (Wildman–Crippen MR) is 76.2 cm³/mol. The van der Waals surface area contributed by atoms with Crippen molar-refractivity contribution in [3.63, 3.8) is 0 Å². The van der Waals surface area contributed by atoms with Crippen molar-refractivity contribution in [1.82, 2.24) is 14.8 Å². The molecule has 0 radical (unpaired) electrons. The summed E-state index contributed by atoms with van der Waals surface area (Å²) in [5, 5.41) is 10.0. The highest BCUT2D eigenvalue weighted by Gasteiger charge is 2.19. The van der Waals surface area contributed by atoms with Gasteiger partial charge in [-0.1, -0.05) is 6.07 Å². The van der Waals surface area contributed by atoms with E-state index in [1.165, 1.54) is 23.5 Å². The third kappa shape index (κ3) is 2.34. The van der Waals surface area contributed by atoms with Gasteiger partial charge in [0, 0.05) is 11.8 Å². The third-order valence-electron chi connectivity index (χ3n) is 2.91. The number of nitrogens with one attached hydrogen (secondary N) is 1. The average molecular weight is 283 g/mol. The number of nitrogens with zero attached hydrogens (tertiary/aromatic N) is 2. The molecule has 0 bridgehead atoms. The minimum Gasteiger partial charge on any atom is -0.298 e. The first-order valence-corrected chi connectivity index (χ1v) is 7.99. The number of thioether (sulfide) groups is 1. The Morgan fingerprint density at radius 2 is 2.53 bits per heavy atom. The monoisotopic (exact) mass is 283 g/mol. The number of H-pyrrole nitrogens is 1. The number of aromatic nitrogens is 3. The number of rotatable bonds is 3. The number of hydrogen-bond acceptors (Lipinski definition) is 4. The molecule has 0 amide bonds. The maximum absolute atomic E-state index is 5.32. The van der Waals surface area contributed by atoms with Gasteiger partial charge in [-0.15, -0.1) is 11.3 Å². The molecule has 1 saturated heterocycles. The maximum atomic E-state index is 5.32. The van der Waals surface area contributed by atoms with Gasteiger partial charge in [-0.25, -0.2) is 0 Å². The Labute approximate surface area is 113 Å². The van der Waals surface area contributed by atoms with Crippen molar-refractivity contribution in [2.75, 3.05) is 5.75 Å². The molecule has 0 saturated carbocycles. The highest BCUT2D eigenvalue weighted by Crippen LogP contribution is 2.30. The van der Waals surface area contributed by atoms with E-state index in [9.17, 15) is 0 Å². The van der Waals surface area contributed by atoms with Gasteiger partial charge in [0.05, 0.1) is 4.88 Å². The van der Waals surface area contributed by atoms with Crippen molar-refractivity contribution >= 4 is 35.3 Å². The Balaban J connectivity index is 1.92. The molecule has 1 N–H and O–H groups in total. The fourth-order valence-electron chi connectivity index (χ4n) is 2.07. The van der Waals surface area contributed by atoms with E-state index in [-0.39, 0.29) is 0 Å². The van der Waals surface area contributed by atoms with E-state index in [2.05, 4.69) is 26.2 Å². The topological polar surface area (TPSA) is 33.6 Å². The molecule has 0 spiro atoms. The molecule has 1 aliphatic rings.